The lowest BCUT2D eigenvalue weighted by atomic mass is 9.43. The van der Waals surface area contributed by atoms with Crippen molar-refractivity contribution in [1.82, 2.24) is 0 Å². The molecular weight excluding hydrogens is 388 g/mol. The van der Waals surface area contributed by atoms with Gasteiger partial charge in [0.05, 0.1) is 5.92 Å². The topological polar surface area (TPSA) is 63.6 Å². The summed E-state index contributed by atoms with van der Waals surface area (Å²) in [6.45, 7) is 15.4. The zero-order valence-electron chi connectivity index (χ0n) is 20.6. The molecule has 1 N–H and O–H groups in total. The number of rotatable bonds is 3. The van der Waals surface area contributed by atoms with Crippen molar-refractivity contribution >= 4 is 11.9 Å². The highest BCUT2D eigenvalue weighted by Crippen LogP contribution is 2.72. The molecule has 0 spiro atoms. The Morgan fingerprint density at radius 1 is 0.968 bits per heavy atom. The zero-order chi connectivity index (χ0) is 23.0. The molecule has 4 nitrogen and oxygen atoms in total. The molecule has 4 aliphatic rings. The summed E-state index contributed by atoms with van der Waals surface area (Å²) >= 11 is 0. The number of hydrogen-bond acceptors (Lipinski definition) is 3. The Kier molecular flexibility index (Phi) is 5.23. The highest BCUT2D eigenvalue weighted by molar-refractivity contribution is 5.70. The van der Waals surface area contributed by atoms with Gasteiger partial charge in [-0.25, -0.2) is 0 Å². The van der Waals surface area contributed by atoms with Gasteiger partial charge in [-0.15, -0.1) is 0 Å². The van der Waals surface area contributed by atoms with Crippen LogP contribution in [0.5, 0.6) is 0 Å². The molecule has 0 saturated heterocycles. The van der Waals surface area contributed by atoms with Crippen LogP contribution < -0.4 is 0 Å². The molecule has 0 unspecified atom stereocenters. The normalized spacial score (nSPS) is 44.7. The Balaban J connectivity index is 1.72. The highest BCUT2D eigenvalue weighted by Gasteiger charge is 2.64. The van der Waals surface area contributed by atoms with Crippen LogP contribution >= 0.6 is 0 Å². The summed E-state index contributed by atoms with van der Waals surface area (Å²) in [4.78, 5) is 23.6. The van der Waals surface area contributed by atoms with E-state index in [1.165, 1.54) is 6.92 Å². The molecule has 0 aromatic heterocycles. The summed E-state index contributed by atoms with van der Waals surface area (Å²) < 4.78 is 5.79. The maximum atomic E-state index is 11.9. The summed E-state index contributed by atoms with van der Waals surface area (Å²) in [6.07, 6.45) is 8.62. The van der Waals surface area contributed by atoms with Crippen molar-refractivity contribution in [3.05, 3.63) is 11.1 Å². The first-order valence-electron chi connectivity index (χ1n) is 12.4. The maximum Gasteiger partial charge on any atom is 0.306 e. The van der Waals surface area contributed by atoms with Crippen LogP contribution in [0.2, 0.25) is 0 Å². The number of aliphatic carboxylic acids is 1. The lowest BCUT2D eigenvalue weighted by Crippen LogP contribution is -2.55. The minimum Gasteiger partial charge on any atom is -0.481 e. The van der Waals surface area contributed by atoms with Crippen LogP contribution in [0.4, 0.5) is 0 Å². The lowest BCUT2D eigenvalue weighted by Gasteiger charge is -2.62. The van der Waals surface area contributed by atoms with E-state index in [0.717, 1.165) is 51.4 Å². The third kappa shape index (κ3) is 2.99. The third-order valence-electron chi connectivity index (χ3n) is 11.1. The average Bonchev–Trinajstić information content (AvgIpc) is 2.95. The minimum absolute atomic E-state index is 0.00180. The van der Waals surface area contributed by atoms with Crippen molar-refractivity contribution in [3.63, 3.8) is 0 Å². The highest BCUT2D eigenvalue weighted by atomic mass is 16.5. The van der Waals surface area contributed by atoms with Crippen LogP contribution in [0.3, 0.4) is 0 Å². The zero-order valence-corrected chi connectivity index (χ0v) is 20.6. The molecule has 0 aromatic carbocycles. The van der Waals surface area contributed by atoms with E-state index < -0.39 is 5.97 Å². The number of carboxylic acid groups (broad SMARTS) is 1. The van der Waals surface area contributed by atoms with Gasteiger partial charge in [0.2, 0.25) is 0 Å². The van der Waals surface area contributed by atoms with Gasteiger partial charge in [-0.3, -0.25) is 9.59 Å². The molecule has 4 heteroatoms. The van der Waals surface area contributed by atoms with Crippen LogP contribution in [-0.2, 0) is 14.3 Å². The molecule has 31 heavy (non-hydrogen) atoms. The number of fused-ring (bicyclic) bond motifs is 4. The largest absolute Gasteiger partial charge is 0.481 e. The van der Waals surface area contributed by atoms with E-state index in [9.17, 15) is 14.7 Å². The Morgan fingerprint density at radius 2 is 1.65 bits per heavy atom. The van der Waals surface area contributed by atoms with Crippen LogP contribution in [0.1, 0.15) is 99.8 Å². The predicted octanol–water partition coefficient (Wildman–Crippen LogP) is 6.39. The van der Waals surface area contributed by atoms with E-state index in [1.54, 1.807) is 11.1 Å². The summed E-state index contributed by atoms with van der Waals surface area (Å²) in [5.41, 5.74) is 3.66. The smallest absolute Gasteiger partial charge is 0.306 e. The number of carbonyl (C=O) groups excluding carboxylic acids is 1. The monoisotopic (exact) mass is 430 g/mol. The van der Waals surface area contributed by atoms with E-state index in [1.807, 2.05) is 6.92 Å². The van der Waals surface area contributed by atoms with Crippen molar-refractivity contribution in [2.24, 2.45) is 39.4 Å². The van der Waals surface area contributed by atoms with E-state index in [4.69, 9.17) is 4.74 Å². The van der Waals surface area contributed by atoms with Crippen molar-refractivity contribution < 1.29 is 19.4 Å². The van der Waals surface area contributed by atoms with Gasteiger partial charge < -0.3 is 9.84 Å². The van der Waals surface area contributed by atoms with E-state index >= 15 is 0 Å². The molecule has 0 amide bonds. The van der Waals surface area contributed by atoms with Gasteiger partial charge in [-0.2, -0.15) is 0 Å². The summed E-state index contributed by atoms with van der Waals surface area (Å²) in [6, 6.07) is 0. The van der Waals surface area contributed by atoms with Gasteiger partial charge in [-0.05, 0) is 79.4 Å². The number of carbonyl (C=O) groups is 2. The van der Waals surface area contributed by atoms with Crippen molar-refractivity contribution in [2.75, 3.05) is 0 Å². The van der Waals surface area contributed by atoms with Gasteiger partial charge in [-0.1, -0.05) is 52.7 Å². The van der Waals surface area contributed by atoms with Crippen molar-refractivity contribution in [2.45, 2.75) is 106 Å². The molecule has 0 aromatic rings. The Morgan fingerprint density at radius 3 is 2.26 bits per heavy atom. The van der Waals surface area contributed by atoms with Crippen molar-refractivity contribution in [3.8, 4) is 0 Å². The van der Waals surface area contributed by atoms with Crippen LogP contribution in [0.25, 0.3) is 0 Å². The fraction of sp³-hybridized carbons (Fsp3) is 0.852. The molecule has 174 valence electrons. The van der Waals surface area contributed by atoms with Gasteiger partial charge in [0.25, 0.3) is 0 Å². The Labute approximate surface area is 188 Å². The van der Waals surface area contributed by atoms with Gasteiger partial charge in [0, 0.05) is 12.3 Å². The van der Waals surface area contributed by atoms with Crippen LogP contribution in [-0.4, -0.2) is 23.1 Å². The molecule has 4 rings (SSSR count). The van der Waals surface area contributed by atoms with E-state index in [0.29, 0.717) is 5.92 Å². The second-order valence-corrected chi connectivity index (χ2v) is 12.4. The molecular formula is C27H42O4. The van der Waals surface area contributed by atoms with E-state index in [-0.39, 0.29) is 45.6 Å². The molecule has 0 bridgehead atoms. The fourth-order valence-corrected chi connectivity index (χ4v) is 9.09. The SMILES string of the molecule is CC(=O)O[C@H]1CC[C@]2(C)C3=C(CC[C@H]2C1(C)C)[C@]1(C)CC[C@H]([C@H](C)C(=O)O)[C@@]1(C)CC3. The quantitative estimate of drug-likeness (QED) is 0.416. The molecule has 0 aliphatic heterocycles. The van der Waals surface area contributed by atoms with Gasteiger partial charge in [0.15, 0.2) is 0 Å². The molecule has 0 radical (unpaired) electrons. The summed E-state index contributed by atoms with van der Waals surface area (Å²) in [5.74, 6) is -0.316. The molecule has 2 saturated carbocycles. The third-order valence-corrected chi connectivity index (χ3v) is 11.1. The first-order chi connectivity index (χ1) is 14.3. The second-order valence-electron chi connectivity index (χ2n) is 12.4. The standard InChI is InChI=1S/C27H42O4/c1-16(23(29)30)18-10-14-27(7)20-8-9-21-24(3,4)22(31-17(2)28)12-13-25(21,5)19(20)11-15-26(18,27)6/h16,18,21-22H,8-15H2,1-7H3,(H,29,30)/t16-,18+,21-,22-,25+,26+,27-/m0/s1. The van der Waals surface area contributed by atoms with Crippen molar-refractivity contribution in [1.29, 1.82) is 0 Å². The number of allylic oxidation sites excluding steroid dienone is 2. The summed E-state index contributed by atoms with van der Waals surface area (Å²) in [5, 5.41) is 9.76. The minimum atomic E-state index is -0.642. The molecule has 2 fully saturated rings. The van der Waals surface area contributed by atoms with Crippen LogP contribution in [0, 0.1) is 39.4 Å². The average molecular weight is 431 g/mol. The molecule has 4 aliphatic carbocycles. The number of esters is 1. The predicted molar refractivity (Wildman–Crippen MR) is 121 cm³/mol. The number of hydrogen-bond donors (Lipinski definition) is 1. The second kappa shape index (κ2) is 7.09. The van der Waals surface area contributed by atoms with Crippen LogP contribution in [0.15, 0.2) is 11.1 Å². The van der Waals surface area contributed by atoms with Gasteiger partial charge >= 0.3 is 11.9 Å². The maximum absolute atomic E-state index is 11.9. The first kappa shape index (κ1) is 22.9. The Hall–Kier alpha value is -1.32. The summed E-state index contributed by atoms with van der Waals surface area (Å²) in [7, 11) is 0. The van der Waals surface area contributed by atoms with E-state index in [2.05, 4.69) is 34.6 Å². The molecule has 7 atom stereocenters. The molecule has 0 heterocycles. The number of carboxylic acids is 1. The fourth-order valence-electron chi connectivity index (χ4n) is 9.09. The lowest BCUT2D eigenvalue weighted by molar-refractivity contribution is -0.167. The van der Waals surface area contributed by atoms with Gasteiger partial charge in [0.1, 0.15) is 6.10 Å². The number of ether oxygens (including phenoxy) is 1. The first-order valence-corrected chi connectivity index (χ1v) is 12.4. The Bertz CT molecular complexity index is 825.